The van der Waals surface area contributed by atoms with Crippen molar-refractivity contribution >= 4 is 5.91 Å². The first-order valence-electron chi connectivity index (χ1n) is 8.16. The fourth-order valence-electron chi connectivity index (χ4n) is 2.66. The van der Waals surface area contributed by atoms with Gasteiger partial charge in [-0.15, -0.1) is 0 Å². The van der Waals surface area contributed by atoms with Crippen molar-refractivity contribution in [3.63, 3.8) is 0 Å². The molecule has 2 heteroatoms. The number of benzene rings is 3. The molecule has 2 nitrogen and oxygen atoms in total. The van der Waals surface area contributed by atoms with Crippen LogP contribution in [0.15, 0.2) is 78.9 Å². The van der Waals surface area contributed by atoms with Crippen molar-refractivity contribution in [2.45, 2.75) is 19.9 Å². The normalized spacial score (nSPS) is 11.8. The highest BCUT2D eigenvalue weighted by atomic mass is 16.1. The number of amides is 1. The molecular formula is C22H21NO. The number of hydrogen-bond donors (Lipinski definition) is 1. The minimum atomic E-state index is -0.0466. The molecule has 3 rings (SSSR count). The van der Waals surface area contributed by atoms with Gasteiger partial charge in [0.05, 0.1) is 6.04 Å². The van der Waals surface area contributed by atoms with Crippen LogP contribution in [0.4, 0.5) is 0 Å². The zero-order chi connectivity index (χ0) is 16.9. The largest absolute Gasteiger partial charge is 0.346 e. The molecule has 0 heterocycles. The average molecular weight is 315 g/mol. The summed E-state index contributed by atoms with van der Waals surface area (Å²) in [6, 6.07) is 26.2. The molecule has 0 aliphatic rings. The lowest BCUT2D eigenvalue weighted by Crippen LogP contribution is -2.26. The van der Waals surface area contributed by atoms with Gasteiger partial charge in [-0.2, -0.15) is 0 Å². The maximum Gasteiger partial charge on any atom is 0.251 e. The second kappa shape index (κ2) is 7.14. The summed E-state index contributed by atoms with van der Waals surface area (Å²) in [4.78, 5) is 12.3. The zero-order valence-electron chi connectivity index (χ0n) is 14.0. The van der Waals surface area contributed by atoms with Crippen LogP contribution >= 0.6 is 0 Å². The molecule has 1 atom stereocenters. The van der Waals surface area contributed by atoms with Gasteiger partial charge in [0.2, 0.25) is 0 Å². The van der Waals surface area contributed by atoms with Crippen LogP contribution in [0.5, 0.6) is 0 Å². The van der Waals surface area contributed by atoms with Gasteiger partial charge in [0, 0.05) is 5.56 Å². The number of carbonyl (C=O) groups is 1. The summed E-state index contributed by atoms with van der Waals surface area (Å²) < 4.78 is 0. The second-order valence-corrected chi connectivity index (χ2v) is 6.05. The van der Waals surface area contributed by atoms with Crippen LogP contribution in [-0.4, -0.2) is 5.91 Å². The second-order valence-electron chi connectivity index (χ2n) is 6.05. The molecule has 1 N–H and O–H groups in total. The van der Waals surface area contributed by atoms with Crippen molar-refractivity contribution in [2.75, 3.05) is 0 Å². The van der Waals surface area contributed by atoms with Gasteiger partial charge in [0.1, 0.15) is 0 Å². The molecule has 3 aromatic rings. The SMILES string of the molecule is Cc1ccc(C(=O)NC(C)c2ccc(-c3ccccc3)cc2)cc1. The van der Waals surface area contributed by atoms with E-state index in [1.165, 1.54) is 11.1 Å². The molecule has 0 saturated carbocycles. The van der Waals surface area contributed by atoms with E-state index in [2.05, 4.69) is 41.7 Å². The first-order valence-corrected chi connectivity index (χ1v) is 8.16. The van der Waals surface area contributed by atoms with E-state index in [0.29, 0.717) is 5.56 Å². The molecule has 24 heavy (non-hydrogen) atoms. The van der Waals surface area contributed by atoms with Crippen molar-refractivity contribution in [1.29, 1.82) is 0 Å². The van der Waals surface area contributed by atoms with Crippen LogP contribution in [0.25, 0.3) is 11.1 Å². The Hall–Kier alpha value is -2.87. The van der Waals surface area contributed by atoms with Gasteiger partial charge in [0.15, 0.2) is 0 Å². The summed E-state index contributed by atoms with van der Waals surface area (Å²) in [5.74, 6) is -0.0466. The van der Waals surface area contributed by atoms with Gasteiger partial charge in [-0.3, -0.25) is 4.79 Å². The van der Waals surface area contributed by atoms with Gasteiger partial charge in [0.25, 0.3) is 5.91 Å². The van der Waals surface area contributed by atoms with Gasteiger partial charge in [-0.25, -0.2) is 0 Å². The molecule has 1 unspecified atom stereocenters. The van der Waals surface area contributed by atoms with Crippen LogP contribution in [0.2, 0.25) is 0 Å². The van der Waals surface area contributed by atoms with Crippen LogP contribution in [-0.2, 0) is 0 Å². The van der Waals surface area contributed by atoms with Crippen molar-refractivity contribution in [3.8, 4) is 11.1 Å². The first kappa shape index (κ1) is 16.0. The Morgan fingerprint density at radius 2 is 1.38 bits per heavy atom. The van der Waals surface area contributed by atoms with Crippen LogP contribution in [0.3, 0.4) is 0 Å². The van der Waals surface area contributed by atoms with Gasteiger partial charge in [-0.1, -0.05) is 72.3 Å². The van der Waals surface area contributed by atoms with Crippen molar-refractivity contribution < 1.29 is 4.79 Å². The molecule has 0 aromatic heterocycles. The Morgan fingerprint density at radius 3 is 2.00 bits per heavy atom. The molecule has 3 aromatic carbocycles. The number of aryl methyl sites for hydroxylation is 1. The summed E-state index contributed by atoms with van der Waals surface area (Å²) in [6.07, 6.45) is 0. The van der Waals surface area contributed by atoms with Crippen molar-refractivity contribution in [3.05, 3.63) is 95.6 Å². The molecule has 0 aliphatic carbocycles. The molecule has 120 valence electrons. The van der Waals surface area contributed by atoms with E-state index < -0.39 is 0 Å². The zero-order valence-corrected chi connectivity index (χ0v) is 14.0. The van der Waals surface area contributed by atoms with E-state index in [-0.39, 0.29) is 11.9 Å². The average Bonchev–Trinajstić information content (AvgIpc) is 2.63. The van der Waals surface area contributed by atoms with Gasteiger partial charge >= 0.3 is 0 Å². The lowest BCUT2D eigenvalue weighted by molar-refractivity contribution is 0.0940. The third-order valence-electron chi connectivity index (χ3n) is 4.18. The fourth-order valence-corrected chi connectivity index (χ4v) is 2.66. The van der Waals surface area contributed by atoms with Crippen molar-refractivity contribution in [1.82, 2.24) is 5.32 Å². The van der Waals surface area contributed by atoms with E-state index in [4.69, 9.17) is 0 Å². The Balaban J connectivity index is 1.70. The standard InChI is InChI=1S/C22H21NO/c1-16-8-10-21(11-9-16)22(24)23-17(2)18-12-14-20(15-13-18)19-6-4-3-5-7-19/h3-15,17H,1-2H3,(H,23,24). The topological polar surface area (TPSA) is 29.1 Å². The van der Waals surface area contributed by atoms with E-state index in [9.17, 15) is 4.79 Å². The third kappa shape index (κ3) is 3.72. The molecule has 0 bridgehead atoms. The highest BCUT2D eigenvalue weighted by Crippen LogP contribution is 2.22. The molecular weight excluding hydrogens is 294 g/mol. The van der Waals surface area contributed by atoms with E-state index in [1.54, 1.807) is 0 Å². The maximum atomic E-state index is 12.3. The lowest BCUT2D eigenvalue weighted by atomic mass is 10.0. The lowest BCUT2D eigenvalue weighted by Gasteiger charge is -2.15. The van der Waals surface area contributed by atoms with E-state index >= 15 is 0 Å². The number of carbonyl (C=O) groups excluding carboxylic acids is 1. The predicted octanol–water partition coefficient (Wildman–Crippen LogP) is 5.15. The van der Waals surface area contributed by atoms with Crippen LogP contribution < -0.4 is 5.32 Å². The number of rotatable bonds is 4. The summed E-state index contributed by atoms with van der Waals surface area (Å²) in [5.41, 5.74) is 5.30. The number of nitrogens with one attached hydrogen (secondary N) is 1. The smallest absolute Gasteiger partial charge is 0.251 e. The minimum absolute atomic E-state index is 0.0383. The fraction of sp³-hybridized carbons (Fsp3) is 0.136. The van der Waals surface area contributed by atoms with Gasteiger partial charge in [-0.05, 0) is 42.7 Å². The minimum Gasteiger partial charge on any atom is -0.346 e. The number of hydrogen-bond acceptors (Lipinski definition) is 1. The Morgan fingerprint density at radius 1 is 0.792 bits per heavy atom. The third-order valence-corrected chi connectivity index (χ3v) is 4.18. The van der Waals surface area contributed by atoms with E-state index in [0.717, 1.165) is 11.1 Å². The van der Waals surface area contributed by atoms with Crippen LogP contribution in [0, 0.1) is 6.92 Å². The van der Waals surface area contributed by atoms with Gasteiger partial charge < -0.3 is 5.32 Å². The van der Waals surface area contributed by atoms with Crippen LogP contribution in [0.1, 0.15) is 34.5 Å². The highest BCUT2D eigenvalue weighted by Gasteiger charge is 2.11. The first-order chi connectivity index (χ1) is 11.6. The summed E-state index contributed by atoms with van der Waals surface area (Å²) in [7, 11) is 0. The molecule has 0 fully saturated rings. The maximum absolute atomic E-state index is 12.3. The summed E-state index contributed by atoms with van der Waals surface area (Å²) >= 11 is 0. The Bertz CT molecular complexity index is 805. The molecule has 0 saturated heterocycles. The predicted molar refractivity (Wildman–Crippen MR) is 98.9 cm³/mol. The molecule has 0 aliphatic heterocycles. The summed E-state index contributed by atoms with van der Waals surface area (Å²) in [6.45, 7) is 4.02. The molecule has 1 amide bonds. The Labute approximate surface area is 143 Å². The van der Waals surface area contributed by atoms with Crippen molar-refractivity contribution in [2.24, 2.45) is 0 Å². The Kier molecular flexibility index (Phi) is 4.76. The molecule has 0 spiro atoms. The molecule has 0 radical (unpaired) electrons. The van der Waals surface area contributed by atoms with E-state index in [1.807, 2.05) is 56.3 Å². The monoisotopic (exact) mass is 315 g/mol. The summed E-state index contributed by atoms with van der Waals surface area (Å²) in [5, 5.41) is 3.05. The quantitative estimate of drug-likeness (QED) is 0.708. The highest BCUT2D eigenvalue weighted by molar-refractivity contribution is 5.94.